The van der Waals surface area contributed by atoms with Gasteiger partial charge in [0.25, 0.3) is 0 Å². The standard InChI is InChI=1S/C20H28N2O3/c1-6-19(24)22(5)13-18(23)21-14(2)11-15-7-8-17-16(12-15)9-10-20(3,4)25-17/h6-8,12,14H,1,9-11,13H2,2-5H3,(H,21,23)/t14-/m1/s1. The molecule has 5 nitrogen and oxygen atoms in total. The Bertz CT molecular complexity index is 667. The van der Waals surface area contributed by atoms with Gasteiger partial charge in [-0.3, -0.25) is 9.59 Å². The highest BCUT2D eigenvalue weighted by molar-refractivity contribution is 5.90. The Morgan fingerprint density at radius 2 is 2.16 bits per heavy atom. The van der Waals surface area contributed by atoms with Crippen LogP contribution in [0.5, 0.6) is 5.75 Å². The van der Waals surface area contributed by atoms with Crippen molar-refractivity contribution in [1.29, 1.82) is 0 Å². The number of carbonyl (C=O) groups is 2. The molecule has 1 atom stereocenters. The molecule has 2 rings (SSSR count). The topological polar surface area (TPSA) is 58.6 Å². The minimum absolute atomic E-state index is 0.0151. The minimum atomic E-state index is -0.264. The number of hydrogen-bond donors (Lipinski definition) is 1. The summed E-state index contributed by atoms with van der Waals surface area (Å²) in [7, 11) is 1.58. The van der Waals surface area contributed by atoms with Gasteiger partial charge < -0.3 is 15.0 Å². The molecular weight excluding hydrogens is 316 g/mol. The molecule has 0 bridgehead atoms. The van der Waals surface area contributed by atoms with E-state index in [-0.39, 0.29) is 30.0 Å². The van der Waals surface area contributed by atoms with Gasteiger partial charge in [0.15, 0.2) is 0 Å². The van der Waals surface area contributed by atoms with Crippen LogP contribution >= 0.6 is 0 Å². The Labute approximate surface area is 150 Å². The molecule has 1 aliphatic rings. The number of likely N-dealkylation sites (N-methyl/N-ethyl adjacent to an activating group) is 1. The molecule has 0 saturated carbocycles. The zero-order chi connectivity index (χ0) is 18.6. The molecule has 0 spiro atoms. The highest BCUT2D eigenvalue weighted by Gasteiger charge is 2.26. The van der Waals surface area contributed by atoms with Crippen molar-refractivity contribution in [1.82, 2.24) is 10.2 Å². The van der Waals surface area contributed by atoms with E-state index in [1.165, 1.54) is 22.1 Å². The molecule has 25 heavy (non-hydrogen) atoms. The lowest BCUT2D eigenvalue weighted by atomic mass is 9.92. The van der Waals surface area contributed by atoms with E-state index in [0.29, 0.717) is 0 Å². The van der Waals surface area contributed by atoms with Gasteiger partial charge in [-0.15, -0.1) is 0 Å². The normalized spacial score (nSPS) is 16.2. The molecule has 0 radical (unpaired) electrons. The third kappa shape index (κ3) is 5.34. The molecule has 1 aromatic carbocycles. The highest BCUT2D eigenvalue weighted by Crippen LogP contribution is 2.33. The number of nitrogens with zero attached hydrogens (tertiary/aromatic N) is 1. The molecule has 5 heteroatoms. The minimum Gasteiger partial charge on any atom is -0.488 e. The Kier molecular flexibility index (Phi) is 5.88. The van der Waals surface area contributed by atoms with Crippen molar-refractivity contribution in [3.8, 4) is 5.75 Å². The lowest BCUT2D eigenvalue weighted by Gasteiger charge is -2.32. The van der Waals surface area contributed by atoms with Crippen LogP contribution in [0.4, 0.5) is 0 Å². The Balaban J connectivity index is 1.91. The first-order valence-electron chi connectivity index (χ1n) is 8.68. The smallest absolute Gasteiger partial charge is 0.246 e. The Morgan fingerprint density at radius 3 is 2.84 bits per heavy atom. The van der Waals surface area contributed by atoms with E-state index < -0.39 is 0 Å². The quantitative estimate of drug-likeness (QED) is 0.807. The van der Waals surface area contributed by atoms with Crippen molar-refractivity contribution in [2.45, 2.75) is 51.7 Å². The number of hydrogen-bond acceptors (Lipinski definition) is 3. The predicted octanol–water partition coefficient (Wildman–Crippen LogP) is 2.48. The second-order valence-corrected chi connectivity index (χ2v) is 7.37. The molecule has 1 heterocycles. The number of ether oxygens (including phenoxy) is 1. The number of carbonyl (C=O) groups excluding carboxylic acids is 2. The van der Waals surface area contributed by atoms with Gasteiger partial charge in [-0.05, 0) is 63.3 Å². The number of rotatable bonds is 6. The van der Waals surface area contributed by atoms with Crippen LogP contribution in [0.25, 0.3) is 0 Å². The molecule has 0 fully saturated rings. The zero-order valence-corrected chi connectivity index (χ0v) is 15.6. The van der Waals surface area contributed by atoms with E-state index in [4.69, 9.17) is 4.74 Å². The lowest BCUT2D eigenvalue weighted by Crippen LogP contribution is -2.42. The predicted molar refractivity (Wildman–Crippen MR) is 98.6 cm³/mol. The SMILES string of the molecule is C=CC(=O)N(C)CC(=O)N[C@H](C)Cc1ccc2c(c1)CCC(C)(C)O2. The van der Waals surface area contributed by atoms with Crippen molar-refractivity contribution >= 4 is 11.8 Å². The van der Waals surface area contributed by atoms with E-state index in [9.17, 15) is 9.59 Å². The van der Waals surface area contributed by atoms with Crippen LogP contribution in [0, 0.1) is 0 Å². The monoisotopic (exact) mass is 344 g/mol. The fourth-order valence-electron chi connectivity index (χ4n) is 3.01. The average molecular weight is 344 g/mol. The molecule has 0 aromatic heterocycles. The lowest BCUT2D eigenvalue weighted by molar-refractivity contribution is -0.131. The Morgan fingerprint density at radius 1 is 1.44 bits per heavy atom. The average Bonchev–Trinajstić information content (AvgIpc) is 2.53. The maximum Gasteiger partial charge on any atom is 0.246 e. The van der Waals surface area contributed by atoms with Crippen molar-refractivity contribution in [2.24, 2.45) is 0 Å². The molecule has 1 aromatic rings. The summed E-state index contributed by atoms with van der Waals surface area (Å²) in [5.41, 5.74) is 2.29. The van der Waals surface area contributed by atoms with Crippen LogP contribution in [0.15, 0.2) is 30.9 Å². The summed E-state index contributed by atoms with van der Waals surface area (Å²) in [6, 6.07) is 6.23. The van der Waals surface area contributed by atoms with Gasteiger partial charge in [0.1, 0.15) is 11.4 Å². The third-order valence-corrected chi connectivity index (χ3v) is 4.39. The van der Waals surface area contributed by atoms with Gasteiger partial charge in [-0.1, -0.05) is 18.7 Å². The van der Waals surface area contributed by atoms with Crippen LogP contribution in [0.3, 0.4) is 0 Å². The highest BCUT2D eigenvalue weighted by atomic mass is 16.5. The number of amides is 2. The van der Waals surface area contributed by atoms with Gasteiger partial charge in [0.2, 0.25) is 11.8 Å². The summed E-state index contributed by atoms with van der Waals surface area (Å²) in [5.74, 6) is 0.523. The number of fused-ring (bicyclic) bond motifs is 1. The van der Waals surface area contributed by atoms with Crippen LogP contribution in [0.1, 0.15) is 38.3 Å². The zero-order valence-electron chi connectivity index (χ0n) is 15.6. The second-order valence-electron chi connectivity index (χ2n) is 7.37. The number of benzene rings is 1. The molecule has 2 amide bonds. The maximum absolute atomic E-state index is 12.0. The Hall–Kier alpha value is -2.30. The second kappa shape index (κ2) is 7.72. The van der Waals surface area contributed by atoms with Crippen LogP contribution < -0.4 is 10.1 Å². The fourth-order valence-corrected chi connectivity index (χ4v) is 3.01. The first kappa shape index (κ1) is 19.0. The van der Waals surface area contributed by atoms with Crippen molar-refractivity contribution in [3.63, 3.8) is 0 Å². The van der Waals surface area contributed by atoms with Gasteiger partial charge in [0.05, 0.1) is 6.54 Å². The first-order valence-corrected chi connectivity index (χ1v) is 8.68. The van der Waals surface area contributed by atoms with E-state index in [2.05, 4.69) is 37.9 Å². The van der Waals surface area contributed by atoms with E-state index in [1.807, 2.05) is 13.0 Å². The maximum atomic E-state index is 12.0. The molecule has 136 valence electrons. The van der Waals surface area contributed by atoms with Gasteiger partial charge in [-0.25, -0.2) is 0 Å². The summed E-state index contributed by atoms with van der Waals surface area (Å²) in [4.78, 5) is 24.8. The van der Waals surface area contributed by atoms with E-state index in [1.54, 1.807) is 7.05 Å². The molecule has 0 unspecified atom stereocenters. The van der Waals surface area contributed by atoms with Crippen molar-refractivity contribution in [3.05, 3.63) is 42.0 Å². The van der Waals surface area contributed by atoms with Gasteiger partial charge >= 0.3 is 0 Å². The van der Waals surface area contributed by atoms with Crippen molar-refractivity contribution in [2.75, 3.05) is 13.6 Å². The summed E-state index contributed by atoms with van der Waals surface area (Å²) in [6.45, 7) is 9.62. The van der Waals surface area contributed by atoms with Crippen molar-refractivity contribution < 1.29 is 14.3 Å². The largest absolute Gasteiger partial charge is 0.488 e. The third-order valence-electron chi connectivity index (χ3n) is 4.39. The molecule has 0 aliphatic carbocycles. The summed E-state index contributed by atoms with van der Waals surface area (Å²) < 4.78 is 6.01. The molecule has 1 aliphatic heterocycles. The summed E-state index contributed by atoms with van der Waals surface area (Å²) in [5, 5.41) is 2.93. The number of aryl methyl sites for hydroxylation is 1. The van der Waals surface area contributed by atoms with Crippen LogP contribution in [0.2, 0.25) is 0 Å². The summed E-state index contributed by atoms with van der Waals surface area (Å²) >= 11 is 0. The van der Waals surface area contributed by atoms with Crippen LogP contribution in [-0.4, -0.2) is 41.9 Å². The summed E-state index contributed by atoms with van der Waals surface area (Å²) in [6.07, 6.45) is 3.94. The van der Waals surface area contributed by atoms with E-state index in [0.717, 1.165) is 25.0 Å². The molecule has 0 saturated heterocycles. The molecule has 1 N–H and O–H groups in total. The fraction of sp³-hybridized carbons (Fsp3) is 0.500. The van der Waals surface area contributed by atoms with E-state index >= 15 is 0 Å². The van der Waals surface area contributed by atoms with Gasteiger partial charge in [0, 0.05) is 13.1 Å². The first-order chi connectivity index (χ1) is 11.7. The van der Waals surface area contributed by atoms with Gasteiger partial charge in [-0.2, -0.15) is 0 Å². The molecular formula is C20H28N2O3. The van der Waals surface area contributed by atoms with Crippen LogP contribution in [-0.2, 0) is 22.4 Å². The number of nitrogens with one attached hydrogen (secondary N) is 1.